The van der Waals surface area contributed by atoms with Crippen molar-refractivity contribution in [1.82, 2.24) is 4.90 Å². The van der Waals surface area contributed by atoms with Crippen LogP contribution in [-0.2, 0) is 0 Å². The maximum absolute atomic E-state index is 12.3. The van der Waals surface area contributed by atoms with E-state index in [9.17, 15) is 9.90 Å². The molecule has 0 saturated heterocycles. The molecule has 0 saturated carbocycles. The Kier molecular flexibility index (Phi) is 5.64. The van der Waals surface area contributed by atoms with Gasteiger partial charge >= 0.3 is 0 Å². The first-order chi connectivity index (χ1) is 9.53. The van der Waals surface area contributed by atoms with Gasteiger partial charge in [-0.15, -0.1) is 0 Å². The van der Waals surface area contributed by atoms with Gasteiger partial charge in [0.15, 0.2) is 17.3 Å². The van der Waals surface area contributed by atoms with E-state index in [0.29, 0.717) is 17.9 Å². The number of phenolic OH excluding ortho intramolecular Hbond substituents is 1. The second-order valence-electron chi connectivity index (χ2n) is 4.20. The summed E-state index contributed by atoms with van der Waals surface area (Å²) in [4.78, 5) is 13.8. The summed E-state index contributed by atoms with van der Waals surface area (Å²) in [5, 5.41) is 21.1. The fourth-order valence-corrected chi connectivity index (χ4v) is 1.76. The SMILES string of the molecule is CCCN(CC(N)=NO)C(=O)c1ccc(OC)c(O)c1. The van der Waals surface area contributed by atoms with Crippen LogP contribution in [0, 0.1) is 0 Å². The van der Waals surface area contributed by atoms with Gasteiger partial charge in [-0.1, -0.05) is 12.1 Å². The third-order valence-corrected chi connectivity index (χ3v) is 2.69. The Labute approximate surface area is 117 Å². The Morgan fingerprint density at radius 2 is 2.20 bits per heavy atom. The van der Waals surface area contributed by atoms with Crippen LogP contribution in [0.25, 0.3) is 0 Å². The maximum Gasteiger partial charge on any atom is 0.254 e. The highest BCUT2D eigenvalue weighted by atomic mass is 16.5. The Hall–Kier alpha value is -2.44. The molecule has 0 aliphatic carbocycles. The molecule has 1 rings (SSSR count). The van der Waals surface area contributed by atoms with Gasteiger partial charge in [0.2, 0.25) is 0 Å². The van der Waals surface area contributed by atoms with Crippen molar-refractivity contribution in [2.45, 2.75) is 13.3 Å². The van der Waals surface area contributed by atoms with Crippen LogP contribution in [0.2, 0.25) is 0 Å². The number of aromatic hydroxyl groups is 1. The number of phenols is 1. The van der Waals surface area contributed by atoms with Crippen molar-refractivity contribution in [1.29, 1.82) is 0 Å². The van der Waals surface area contributed by atoms with Crippen molar-refractivity contribution in [2.24, 2.45) is 10.9 Å². The molecular weight excluding hydrogens is 262 g/mol. The molecule has 0 spiro atoms. The van der Waals surface area contributed by atoms with E-state index in [1.54, 1.807) is 6.07 Å². The minimum Gasteiger partial charge on any atom is -0.504 e. The average Bonchev–Trinajstić information content (AvgIpc) is 2.45. The number of amides is 1. The second kappa shape index (κ2) is 7.22. The summed E-state index contributed by atoms with van der Waals surface area (Å²) < 4.78 is 4.92. The van der Waals surface area contributed by atoms with Crippen molar-refractivity contribution < 1.29 is 19.8 Å². The number of hydrogen-bond donors (Lipinski definition) is 3. The zero-order valence-corrected chi connectivity index (χ0v) is 11.5. The molecule has 0 unspecified atom stereocenters. The highest BCUT2D eigenvalue weighted by Gasteiger charge is 2.17. The van der Waals surface area contributed by atoms with Crippen molar-refractivity contribution in [3.63, 3.8) is 0 Å². The Bertz CT molecular complexity index is 502. The maximum atomic E-state index is 12.3. The molecule has 0 radical (unpaired) electrons. The highest BCUT2D eigenvalue weighted by Crippen LogP contribution is 2.26. The number of nitrogens with zero attached hydrogens (tertiary/aromatic N) is 2. The van der Waals surface area contributed by atoms with Crippen LogP contribution in [0.15, 0.2) is 23.4 Å². The Morgan fingerprint density at radius 1 is 1.50 bits per heavy atom. The molecule has 0 bridgehead atoms. The molecule has 7 nitrogen and oxygen atoms in total. The van der Waals surface area contributed by atoms with E-state index in [1.165, 1.54) is 24.1 Å². The van der Waals surface area contributed by atoms with Crippen molar-refractivity contribution in [3.8, 4) is 11.5 Å². The highest BCUT2D eigenvalue weighted by molar-refractivity contribution is 5.97. The van der Waals surface area contributed by atoms with Crippen LogP contribution in [0.3, 0.4) is 0 Å². The van der Waals surface area contributed by atoms with Gasteiger partial charge in [0.05, 0.1) is 13.7 Å². The van der Waals surface area contributed by atoms with E-state index >= 15 is 0 Å². The number of methoxy groups -OCH3 is 1. The second-order valence-corrected chi connectivity index (χ2v) is 4.20. The van der Waals surface area contributed by atoms with Gasteiger partial charge in [-0.2, -0.15) is 0 Å². The molecule has 1 amide bonds. The molecule has 7 heteroatoms. The minimum atomic E-state index is -0.309. The van der Waals surface area contributed by atoms with Crippen LogP contribution in [0.5, 0.6) is 11.5 Å². The number of ether oxygens (including phenoxy) is 1. The lowest BCUT2D eigenvalue weighted by Crippen LogP contribution is -2.39. The van der Waals surface area contributed by atoms with E-state index in [2.05, 4.69) is 5.16 Å². The van der Waals surface area contributed by atoms with E-state index in [0.717, 1.165) is 6.42 Å². The van der Waals surface area contributed by atoms with Gasteiger partial charge in [-0.25, -0.2) is 0 Å². The molecule has 0 aromatic heterocycles. The number of benzene rings is 1. The molecule has 110 valence electrons. The first-order valence-electron chi connectivity index (χ1n) is 6.16. The van der Waals surface area contributed by atoms with Gasteiger partial charge in [0.25, 0.3) is 5.91 Å². The van der Waals surface area contributed by atoms with Crippen LogP contribution in [0.1, 0.15) is 23.7 Å². The van der Waals surface area contributed by atoms with Crippen LogP contribution in [0.4, 0.5) is 0 Å². The number of amidine groups is 1. The summed E-state index contributed by atoms with van der Waals surface area (Å²) in [6.07, 6.45) is 0.729. The third kappa shape index (κ3) is 3.78. The number of oxime groups is 1. The lowest BCUT2D eigenvalue weighted by atomic mass is 10.1. The fourth-order valence-electron chi connectivity index (χ4n) is 1.76. The van der Waals surface area contributed by atoms with Crippen molar-refractivity contribution >= 4 is 11.7 Å². The summed E-state index contributed by atoms with van der Waals surface area (Å²) in [5.74, 6) is -0.181. The van der Waals surface area contributed by atoms with Crippen LogP contribution >= 0.6 is 0 Å². The molecule has 20 heavy (non-hydrogen) atoms. The predicted octanol–water partition coefficient (Wildman–Crippen LogP) is 0.999. The third-order valence-electron chi connectivity index (χ3n) is 2.69. The van der Waals surface area contributed by atoms with E-state index < -0.39 is 0 Å². The van der Waals surface area contributed by atoms with Crippen molar-refractivity contribution in [2.75, 3.05) is 20.2 Å². The lowest BCUT2D eigenvalue weighted by molar-refractivity contribution is 0.0777. The smallest absolute Gasteiger partial charge is 0.254 e. The number of carbonyl (C=O) groups excluding carboxylic acids is 1. The summed E-state index contributed by atoms with van der Waals surface area (Å²) >= 11 is 0. The molecule has 0 fully saturated rings. The standard InChI is InChI=1S/C13H19N3O4/c1-3-6-16(8-12(14)15-19)13(18)9-4-5-11(20-2)10(17)7-9/h4-5,7,17,19H,3,6,8H2,1-2H3,(H2,14,15). The van der Waals surface area contributed by atoms with Gasteiger partial charge < -0.3 is 25.7 Å². The van der Waals surface area contributed by atoms with E-state index in [-0.39, 0.29) is 24.0 Å². The summed E-state index contributed by atoms with van der Waals surface area (Å²) in [6, 6.07) is 4.39. The molecular formula is C13H19N3O4. The quantitative estimate of drug-likeness (QED) is 0.312. The summed E-state index contributed by atoms with van der Waals surface area (Å²) in [5.41, 5.74) is 5.74. The van der Waals surface area contributed by atoms with Gasteiger partial charge in [-0.3, -0.25) is 4.79 Å². The van der Waals surface area contributed by atoms with Crippen molar-refractivity contribution in [3.05, 3.63) is 23.8 Å². The van der Waals surface area contributed by atoms with Gasteiger partial charge in [0.1, 0.15) is 0 Å². The Morgan fingerprint density at radius 3 is 2.70 bits per heavy atom. The van der Waals surface area contributed by atoms with E-state index in [1.807, 2.05) is 6.92 Å². The monoisotopic (exact) mass is 281 g/mol. The van der Waals surface area contributed by atoms with Crippen LogP contribution < -0.4 is 10.5 Å². The van der Waals surface area contributed by atoms with Gasteiger partial charge in [-0.05, 0) is 24.6 Å². The topological polar surface area (TPSA) is 108 Å². The molecule has 1 aromatic rings. The summed E-state index contributed by atoms with van der Waals surface area (Å²) in [7, 11) is 1.43. The average molecular weight is 281 g/mol. The number of carbonyl (C=O) groups is 1. The number of hydrogen-bond acceptors (Lipinski definition) is 5. The first-order valence-corrected chi connectivity index (χ1v) is 6.16. The molecule has 0 aliphatic rings. The van der Waals surface area contributed by atoms with E-state index in [4.69, 9.17) is 15.7 Å². The number of nitrogens with two attached hydrogens (primary N) is 1. The molecule has 4 N–H and O–H groups in total. The first kappa shape index (κ1) is 15.6. The van der Waals surface area contributed by atoms with Crippen LogP contribution in [-0.4, -0.2) is 47.2 Å². The molecule has 0 heterocycles. The molecule has 0 atom stereocenters. The Balaban J connectivity index is 2.96. The molecule has 1 aromatic carbocycles. The minimum absolute atomic E-state index is 0.0238. The zero-order chi connectivity index (χ0) is 15.1. The summed E-state index contributed by atoms with van der Waals surface area (Å²) in [6.45, 7) is 2.40. The predicted molar refractivity (Wildman–Crippen MR) is 74.3 cm³/mol. The molecule has 0 aliphatic heterocycles. The normalized spacial score (nSPS) is 11.2. The largest absolute Gasteiger partial charge is 0.504 e. The lowest BCUT2D eigenvalue weighted by Gasteiger charge is -2.21. The zero-order valence-electron chi connectivity index (χ0n) is 11.5. The fraction of sp³-hybridized carbons (Fsp3) is 0.385. The number of rotatable bonds is 6. The van der Waals surface area contributed by atoms with Gasteiger partial charge in [0, 0.05) is 12.1 Å².